The number of anilines is 1. The number of rotatable bonds is 10. The molecule has 12 nitrogen and oxygen atoms in total. The van der Waals surface area contributed by atoms with Gasteiger partial charge in [0.2, 0.25) is 17.7 Å². The molecule has 0 radical (unpaired) electrons. The fraction of sp³-hybridized carbons (Fsp3) is 0.368. The van der Waals surface area contributed by atoms with Crippen molar-refractivity contribution >= 4 is 34.2 Å². The predicted octanol–water partition coefficient (Wildman–Crippen LogP) is 5.20. The smallest absolute Gasteiger partial charge is 0.237 e. The lowest BCUT2D eigenvalue weighted by molar-refractivity contribution is -0.132. The summed E-state index contributed by atoms with van der Waals surface area (Å²) >= 11 is 0. The number of nitrogens with zero attached hydrogens (tertiary/aromatic N) is 8. The number of aryl methyl sites for hydroxylation is 1. The molecule has 0 unspecified atom stereocenters. The lowest BCUT2D eigenvalue weighted by Gasteiger charge is -2.29. The molecule has 258 valence electrons. The van der Waals surface area contributed by atoms with Gasteiger partial charge in [-0.25, -0.2) is 15.0 Å². The van der Waals surface area contributed by atoms with Gasteiger partial charge >= 0.3 is 0 Å². The van der Waals surface area contributed by atoms with Crippen molar-refractivity contribution in [2.45, 2.75) is 39.7 Å². The first-order valence-corrected chi connectivity index (χ1v) is 17.3. The quantitative estimate of drug-likeness (QED) is 0.215. The minimum absolute atomic E-state index is 0.0239. The molecule has 1 saturated heterocycles. The van der Waals surface area contributed by atoms with Crippen LogP contribution in [0.2, 0.25) is 0 Å². The number of aromatic nitrogens is 6. The third kappa shape index (κ3) is 7.02. The maximum Gasteiger partial charge on any atom is 0.237 e. The van der Waals surface area contributed by atoms with Gasteiger partial charge in [-0.2, -0.15) is 5.10 Å². The molecule has 6 heterocycles. The summed E-state index contributed by atoms with van der Waals surface area (Å²) in [6.07, 6.45) is 9.24. The summed E-state index contributed by atoms with van der Waals surface area (Å²) in [7, 11) is 1.97. The molecule has 0 saturated carbocycles. The number of carbonyl (C=O) groups excluding carboxylic acids is 2. The van der Waals surface area contributed by atoms with Gasteiger partial charge in [0.1, 0.15) is 17.0 Å². The van der Waals surface area contributed by atoms with Gasteiger partial charge in [-0.1, -0.05) is 30.3 Å². The molecule has 5 aromatic rings. The largest absolute Gasteiger partial charge is 0.475 e. The predicted molar refractivity (Wildman–Crippen MR) is 193 cm³/mol. The number of aromatic amines is 1. The Balaban J connectivity index is 0.953. The lowest BCUT2D eigenvalue weighted by Crippen LogP contribution is -2.42. The van der Waals surface area contributed by atoms with Crippen LogP contribution in [0.1, 0.15) is 39.2 Å². The van der Waals surface area contributed by atoms with Crippen molar-refractivity contribution in [3.05, 3.63) is 78.9 Å². The number of ether oxygens (including phenoxy) is 1. The molecule has 2 aliphatic heterocycles. The molecule has 1 atom stereocenters. The van der Waals surface area contributed by atoms with E-state index in [4.69, 9.17) is 9.72 Å². The molecule has 12 heteroatoms. The molecule has 1 N–H and O–H groups in total. The molecule has 0 aliphatic carbocycles. The summed E-state index contributed by atoms with van der Waals surface area (Å²) in [5.41, 5.74) is 7.40. The van der Waals surface area contributed by atoms with Crippen molar-refractivity contribution in [1.82, 2.24) is 39.5 Å². The van der Waals surface area contributed by atoms with Gasteiger partial charge in [-0.15, -0.1) is 0 Å². The number of carbonyl (C=O) groups is 2. The Hall–Kier alpha value is -5.36. The fourth-order valence-electron chi connectivity index (χ4n) is 6.77. The van der Waals surface area contributed by atoms with Crippen LogP contribution >= 0.6 is 0 Å². The van der Waals surface area contributed by atoms with E-state index in [-0.39, 0.29) is 23.8 Å². The number of fused-ring (bicyclic) bond motifs is 1. The van der Waals surface area contributed by atoms with Crippen LogP contribution in [0.15, 0.2) is 73.3 Å². The van der Waals surface area contributed by atoms with Crippen molar-refractivity contribution in [3.8, 4) is 28.4 Å². The number of pyridine rings is 2. The highest BCUT2D eigenvalue weighted by molar-refractivity contribution is 5.97. The summed E-state index contributed by atoms with van der Waals surface area (Å²) in [6.45, 7) is 9.20. The number of nitrogens with one attached hydrogen (secondary N) is 1. The van der Waals surface area contributed by atoms with Crippen LogP contribution in [-0.4, -0.2) is 96.7 Å². The molecule has 0 spiro atoms. The Morgan fingerprint density at radius 3 is 2.50 bits per heavy atom. The van der Waals surface area contributed by atoms with Crippen LogP contribution in [-0.2, 0) is 16.6 Å². The van der Waals surface area contributed by atoms with E-state index in [1.165, 1.54) is 11.1 Å². The molecule has 1 aromatic carbocycles. The van der Waals surface area contributed by atoms with E-state index in [9.17, 15) is 9.59 Å². The Bertz CT molecular complexity index is 2010. The zero-order chi connectivity index (χ0) is 34.8. The number of benzene rings is 1. The van der Waals surface area contributed by atoms with E-state index < -0.39 is 0 Å². The third-order valence-corrected chi connectivity index (χ3v) is 9.42. The van der Waals surface area contributed by atoms with E-state index in [2.05, 4.69) is 55.4 Å². The minimum Gasteiger partial charge on any atom is -0.475 e. The zero-order valence-corrected chi connectivity index (χ0v) is 29.0. The standard InChI is InChI=1S/C38H43N9O3/c1-5-47(33-12-11-31-37(41-33)36(43-42-31)29-10-13-34(39-20-29)50-25(2)3)38(49)30-14-17-45(21-30)23-35(48)46-18-15-27(16-19-46)26-6-8-28(9-7-26)32-22-44(4)24-40-32/h6-13,15,20,22,24-25,30H,5,14,16-19,21,23H2,1-4H3,(H,42,43)/t30-/m1/s1. The summed E-state index contributed by atoms with van der Waals surface area (Å²) < 4.78 is 7.62. The van der Waals surface area contributed by atoms with Crippen molar-refractivity contribution in [3.63, 3.8) is 0 Å². The second-order valence-electron chi connectivity index (χ2n) is 13.3. The second kappa shape index (κ2) is 14.2. The number of likely N-dealkylation sites (tertiary alicyclic amines) is 1. The van der Waals surface area contributed by atoms with Crippen molar-refractivity contribution in [2.24, 2.45) is 13.0 Å². The normalized spacial score (nSPS) is 16.6. The summed E-state index contributed by atoms with van der Waals surface area (Å²) in [6, 6.07) is 16.0. The monoisotopic (exact) mass is 673 g/mol. The first-order chi connectivity index (χ1) is 24.2. The van der Waals surface area contributed by atoms with Crippen molar-refractivity contribution < 1.29 is 14.3 Å². The summed E-state index contributed by atoms with van der Waals surface area (Å²) in [5.74, 6) is 1.05. The van der Waals surface area contributed by atoms with Gasteiger partial charge in [0.05, 0.1) is 36.1 Å². The average Bonchev–Trinajstić information content (AvgIpc) is 3.89. The third-order valence-electron chi connectivity index (χ3n) is 9.42. The Morgan fingerprint density at radius 2 is 1.82 bits per heavy atom. The Labute approximate surface area is 291 Å². The van der Waals surface area contributed by atoms with Gasteiger partial charge in [0.25, 0.3) is 0 Å². The number of hydrogen-bond donors (Lipinski definition) is 1. The highest BCUT2D eigenvalue weighted by Gasteiger charge is 2.34. The van der Waals surface area contributed by atoms with Gasteiger partial charge < -0.3 is 14.2 Å². The highest BCUT2D eigenvalue weighted by Crippen LogP contribution is 2.30. The fourth-order valence-corrected chi connectivity index (χ4v) is 6.77. The SMILES string of the molecule is CCN(C(=O)[C@@H]1CCN(CC(=O)N2CC=C(c3ccc(-c4cn(C)cn4)cc3)CC2)C1)c1ccc2[nH]nc(-c3ccc(OC(C)C)nc3)c2n1. The average molecular weight is 674 g/mol. The molecular formula is C38H43N9O3. The van der Waals surface area contributed by atoms with E-state index in [0.29, 0.717) is 68.6 Å². The molecule has 0 bridgehead atoms. The number of H-pyrrole nitrogens is 1. The zero-order valence-electron chi connectivity index (χ0n) is 29.0. The number of amides is 2. The van der Waals surface area contributed by atoms with Gasteiger partial charge in [0, 0.05) is 62.8 Å². The van der Waals surface area contributed by atoms with Crippen LogP contribution in [0.3, 0.4) is 0 Å². The molecule has 2 aliphatic rings. The molecule has 1 fully saturated rings. The highest BCUT2D eigenvalue weighted by atomic mass is 16.5. The van der Waals surface area contributed by atoms with E-state index in [1.54, 1.807) is 17.4 Å². The van der Waals surface area contributed by atoms with Crippen molar-refractivity contribution in [1.29, 1.82) is 0 Å². The maximum absolute atomic E-state index is 13.8. The Kier molecular flexibility index (Phi) is 9.44. The molecule has 7 rings (SSSR count). The second-order valence-corrected chi connectivity index (χ2v) is 13.3. The lowest BCUT2D eigenvalue weighted by atomic mass is 9.98. The number of imidazole rings is 1. The van der Waals surface area contributed by atoms with E-state index in [0.717, 1.165) is 28.8 Å². The van der Waals surface area contributed by atoms with Crippen LogP contribution in [0, 0.1) is 5.92 Å². The van der Waals surface area contributed by atoms with Gasteiger partial charge in [-0.05, 0) is 69.5 Å². The summed E-state index contributed by atoms with van der Waals surface area (Å²) in [4.78, 5) is 46.7. The van der Waals surface area contributed by atoms with E-state index >= 15 is 0 Å². The molecular weight excluding hydrogens is 630 g/mol. The molecule has 2 amide bonds. The minimum atomic E-state index is -0.205. The summed E-state index contributed by atoms with van der Waals surface area (Å²) in [5, 5.41) is 7.54. The van der Waals surface area contributed by atoms with Gasteiger partial charge in [-0.3, -0.25) is 24.5 Å². The maximum atomic E-state index is 13.8. The van der Waals surface area contributed by atoms with Gasteiger partial charge in [0.15, 0.2) is 0 Å². The first-order valence-electron chi connectivity index (χ1n) is 17.3. The van der Waals surface area contributed by atoms with Crippen LogP contribution in [0.5, 0.6) is 5.88 Å². The molecule has 4 aromatic heterocycles. The van der Waals surface area contributed by atoms with Crippen LogP contribution < -0.4 is 9.64 Å². The van der Waals surface area contributed by atoms with Crippen LogP contribution in [0.4, 0.5) is 5.82 Å². The van der Waals surface area contributed by atoms with Crippen LogP contribution in [0.25, 0.3) is 39.1 Å². The first kappa shape index (κ1) is 33.2. The van der Waals surface area contributed by atoms with E-state index in [1.807, 2.05) is 67.7 Å². The molecule has 50 heavy (non-hydrogen) atoms. The van der Waals surface area contributed by atoms with Crippen molar-refractivity contribution in [2.75, 3.05) is 44.2 Å². The number of hydrogen-bond acceptors (Lipinski definition) is 8. The topological polar surface area (TPSA) is 125 Å². The Morgan fingerprint density at radius 1 is 1.02 bits per heavy atom.